The molecule has 0 aliphatic rings. The third-order valence-electron chi connectivity index (χ3n) is 0.804. The van der Waals surface area contributed by atoms with E-state index in [-0.39, 0.29) is 0 Å². The van der Waals surface area contributed by atoms with Gasteiger partial charge in [0.25, 0.3) is 0 Å². The van der Waals surface area contributed by atoms with Crippen LogP contribution in [0.2, 0.25) is 0 Å². The molecule has 0 radical (unpaired) electrons. The predicted molar refractivity (Wildman–Crippen MR) is 38.9 cm³/mol. The van der Waals surface area contributed by atoms with Gasteiger partial charge in [-0.3, -0.25) is 0 Å². The van der Waals surface area contributed by atoms with E-state index in [1.54, 1.807) is 31.2 Å². The van der Waals surface area contributed by atoms with Gasteiger partial charge in [0.1, 0.15) is 5.70 Å². The van der Waals surface area contributed by atoms with Gasteiger partial charge in [0.15, 0.2) is 0 Å². The van der Waals surface area contributed by atoms with Gasteiger partial charge in [0.2, 0.25) is 0 Å². The second kappa shape index (κ2) is 4.97. The summed E-state index contributed by atoms with van der Waals surface area (Å²) in [7, 11) is 0. The molecule has 0 saturated carbocycles. The smallest absolute Gasteiger partial charge is 0.103 e. The van der Waals surface area contributed by atoms with Crippen molar-refractivity contribution in [3.63, 3.8) is 0 Å². The normalized spacial score (nSPS) is 11.9. The van der Waals surface area contributed by atoms with Crippen LogP contribution in [0.3, 0.4) is 0 Å². The van der Waals surface area contributed by atoms with Crippen LogP contribution in [-0.2, 0) is 0 Å². The lowest BCUT2D eigenvalue weighted by atomic mass is 10.4. The van der Waals surface area contributed by atoms with Crippen LogP contribution in [0.15, 0.2) is 41.8 Å². The fraction of sp³-hybridized carbons (Fsp3) is 0.143. The summed E-state index contributed by atoms with van der Waals surface area (Å²) < 4.78 is 0. The van der Waals surface area contributed by atoms with Crippen LogP contribution in [0.25, 0.3) is 0 Å². The molecule has 2 nitrogen and oxygen atoms in total. The van der Waals surface area contributed by atoms with Gasteiger partial charge in [-0.1, -0.05) is 24.8 Å². The molecule has 0 spiro atoms. The van der Waals surface area contributed by atoms with Crippen molar-refractivity contribution in [1.82, 2.24) is 0 Å². The van der Waals surface area contributed by atoms with E-state index in [1.807, 2.05) is 0 Å². The molecule has 0 atom stereocenters. The first-order chi connectivity index (χ1) is 4.35. The van der Waals surface area contributed by atoms with E-state index in [9.17, 15) is 4.91 Å². The largest absolute Gasteiger partial charge is 0.145 e. The number of hydrogen-bond donors (Lipinski definition) is 0. The quantitative estimate of drug-likeness (QED) is 0.418. The highest BCUT2D eigenvalue weighted by Crippen LogP contribution is 1.96. The zero-order valence-electron chi connectivity index (χ0n) is 5.37. The molecule has 0 aromatic heterocycles. The molecule has 0 rings (SSSR count). The Morgan fingerprint density at radius 2 is 2.33 bits per heavy atom. The average Bonchev–Trinajstić information content (AvgIpc) is 1.91. The molecule has 0 aromatic carbocycles. The van der Waals surface area contributed by atoms with Crippen molar-refractivity contribution in [3.8, 4) is 0 Å². The second-order valence-electron chi connectivity index (χ2n) is 1.40. The zero-order valence-corrected chi connectivity index (χ0v) is 5.37. The van der Waals surface area contributed by atoms with Crippen molar-refractivity contribution < 1.29 is 0 Å². The number of nitroso groups, excluding NO2 is 1. The van der Waals surface area contributed by atoms with E-state index >= 15 is 0 Å². The topological polar surface area (TPSA) is 29.4 Å². The van der Waals surface area contributed by atoms with E-state index in [4.69, 9.17) is 0 Å². The van der Waals surface area contributed by atoms with Gasteiger partial charge in [0, 0.05) is 0 Å². The third-order valence-corrected chi connectivity index (χ3v) is 0.804. The van der Waals surface area contributed by atoms with Gasteiger partial charge in [0.05, 0.1) is 0 Å². The lowest BCUT2D eigenvalue weighted by Gasteiger charge is -1.79. The van der Waals surface area contributed by atoms with Gasteiger partial charge in [-0.2, -0.15) is 0 Å². The SMILES string of the molecule is C=C/C=C\C(=C/C)N=O. The molecule has 48 valence electrons. The molecule has 0 unspecified atom stereocenters. The summed E-state index contributed by atoms with van der Waals surface area (Å²) in [5.74, 6) is 0. The summed E-state index contributed by atoms with van der Waals surface area (Å²) in [6, 6.07) is 0. The summed E-state index contributed by atoms with van der Waals surface area (Å²) in [4.78, 5) is 9.84. The van der Waals surface area contributed by atoms with Crippen molar-refractivity contribution in [3.05, 3.63) is 41.5 Å². The van der Waals surface area contributed by atoms with E-state index in [0.29, 0.717) is 5.70 Å². The summed E-state index contributed by atoms with van der Waals surface area (Å²) in [6.07, 6.45) is 6.48. The van der Waals surface area contributed by atoms with Crippen molar-refractivity contribution >= 4 is 0 Å². The predicted octanol–water partition coefficient (Wildman–Crippen LogP) is 2.40. The number of allylic oxidation sites excluding steroid dienone is 4. The fourth-order valence-electron chi connectivity index (χ4n) is 0.346. The van der Waals surface area contributed by atoms with E-state index in [0.717, 1.165) is 0 Å². The van der Waals surface area contributed by atoms with Crippen molar-refractivity contribution in [2.75, 3.05) is 0 Å². The van der Waals surface area contributed by atoms with Crippen LogP contribution < -0.4 is 0 Å². The third kappa shape index (κ3) is 3.41. The van der Waals surface area contributed by atoms with Gasteiger partial charge in [-0.15, -0.1) is 4.91 Å². The van der Waals surface area contributed by atoms with Gasteiger partial charge >= 0.3 is 0 Å². The number of nitrogens with zero attached hydrogens (tertiary/aromatic N) is 1. The molecule has 0 bridgehead atoms. The minimum Gasteiger partial charge on any atom is -0.145 e. The Morgan fingerprint density at radius 1 is 1.67 bits per heavy atom. The molecule has 0 aliphatic carbocycles. The van der Waals surface area contributed by atoms with E-state index < -0.39 is 0 Å². The van der Waals surface area contributed by atoms with Crippen LogP contribution >= 0.6 is 0 Å². The Morgan fingerprint density at radius 3 is 2.67 bits per heavy atom. The van der Waals surface area contributed by atoms with Crippen LogP contribution in [-0.4, -0.2) is 0 Å². The summed E-state index contributed by atoms with van der Waals surface area (Å²) in [5.41, 5.74) is 0.426. The summed E-state index contributed by atoms with van der Waals surface area (Å²) in [6.45, 7) is 5.20. The van der Waals surface area contributed by atoms with Crippen molar-refractivity contribution in [2.24, 2.45) is 5.18 Å². The standard InChI is InChI=1S/C7H9NO/c1-3-5-6-7(4-2)8-9/h3-6H,1H2,2H3/b6-5-,7-4+. The zero-order chi connectivity index (χ0) is 7.11. The molecule has 0 heterocycles. The maximum absolute atomic E-state index is 9.84. The Labute approximate surface area is 54.6 Å². The average molecular weight is 123 g/mol. The minimum atomic E-state index is 0.426. The fourth-order valence-corrected chi connectivity index (χ4v) is 0.346. The number of rotatable bonds is 3. The van der Waals surface area contributed by atoms with Gasteiger partial charge < -0.3 is 0 Å². The highest BCUT2D eigenvalue weighted by molar-refractivity contribution is 5.19. The lowest BCUT2D eigenvalue weighted by Crippen LogP contribution is -1.64. The second-order valence-corrected chi connectivity index (χ2v) is 1.40. The van der Waals surface area contributed by atoms with Crippen LogP contribution in [0, 0.1) is 4.91 Å². The van der Waals surface area contributed by atoms with Crippen molar-refractivity contribution in [2.45, 2.75) is 6.92 Å². The Hall–Kier alpha value is -1.18. The Kier molecular flexibility index (Phi) is 4.32. The summed E-state index contributed by atoms with van der Waals surface area (Å²) >= 11 is 0. The first-order valence-corrected chi connectivity index (χ1v) is 2.64. The van der Waals surface area contributed by atoms with E-state index in [1.165, 1.54) is 0 Å². The summed E-state index contributed by atoms with van der Waals surface area (Å²) in [5, 5.41) is 2.72. The van der Waals surface area contributed by atoms with Gasteiger partial charge in [-0.25, -0.2) is 0 Å². The minimum absolute atomic E-state index is 0.426. The Balaban J connectivity index is 3.99. The first kappa shape index (κ1) is 7.82. The highest BCUT2D eigenvalue weighted by atomic mass is 16.3. The molecule has 0 fully saturated rings. The molecule has 0 saturated heterocycles. The molecular formula is C7H9NO. The maximum Gasteiger partial charge on any atom is 0.103 e. The number of hydrogen-bond acceptors (Lipinski definition) is 2. The molecule has 0 aliphatic heterocycles. The maximum atomic E-state index is 9.84. The molecule has 9 heavy (non-hydrogen) atoms. The van der Waals surface area contributed by atoms with Crippen LogP contribution in [0.4, 0.5) is 0 Å². The molecule has 2 heteroatoms. The molecule has 0 amide bonds. The van der Waals surface area contributed by atoms with E-state index in [2.05, 4.69) is 11.8 Å². The molecular weight excluding hydrogens is 114 g/mol. The monoisotopic (exact) mass is 123 g/mol. The highest BCUT2D eigenvalue weighted by Gasteiger charge is 1.81. The first-order valence-electron chi connectivity index (χ1n) is 2.64. The molecule has 0 aromatic rings. The molecule has 0 N–H and O–H groups in total. The lowest BCUT2D eigenvalue weighted by molar-refractivity contribution is 1.36. The van der Waals surface area contributed by atoms with Crippen LogP contribution in [0.5, 0.6) is 0 Å². The van der Waals surface area contributed by atoms with Crippen molar-refractivity contribution in [1.29, 1.82) is 0 Å². The Bertz CT molecular complexity index is 156. The van der Waals surface area contributed by atoms with Crippen LogP contribution in [0.1, 0.15) is 6.92 Å². The van der Waals surface area contributed by atoms with Gasteiger partial charge in [-0.05, 0) is 18.2 Å².